The van der Waals surface area contributed by atoms with Gasteiger partial charge in [0.2, 0.25) is 5.96 Å². The molecule has 2 aliphatic rings. The molecule has 6 heteroatoms. The number of nitrogens with two attached hydrogens (primary N) is 1. The van der Waals surface area contributed by atoms with Gasteiger partial charge in [-0.1, -0.05) is 6.07 Å². The van der Waals surface area contributed by atoms with Crippen molar-refractivity contribution in [1.29, 1.82) is 0 Å². The number of hydrogen-bond acceptors (Lipinski definition) is 6. The average Bonchev–Trinajstić information content (AvgIpc) is 2.82. The minimum atomic E-state index is 0.0933. The van der Waals surface area contributed by atoms with Crippen LogP contribution in [-0.4, -0.2) is 18.0 Å². The first-order valence-corrected chi connectivity index (χ1v) is 6.55. The number of carbonyl (C=O) groups excluding carboxylic acids is 1. The summed E-state index contributed by atoms with van der Waals surface area (Å²) in [6.45, 7) is 0. The van der Waals surface area contributed by atoms with Gasteiger partial charge in [-0.3, -0.25) is 10.2 Å². The molecule has 1 unspecified atom stereocenters. The Labute approximate surface area is 108 Å². The van der Waals surface area contributed by atoms with Crippen LogP contribution in [0, 0.1) is 0 Å². The highest BCUT2D eigenvalue weighted by Crippen LogP contribution is 2.35. The maximum Gasteiger partial charge on any atom is 0.237 e. The number of hydrazone groups is 1. The number of thiophene rings is 1. The predicted octanol–water partition coefficient (Wildman–Crippen LogP) is 1.35. The Morgan fingerprint density at radius 2 is 2.33 bits per heavy atom. The molecule has 3 rings (SSSR count). The third-order valence-corrected chi connectivity index (χ3v) is 4.12. The maximum absolute atomic E-state index is 12.1. The summed E-state index contributed by atoms with van der Waals surface area (Å²) < 4.78 is 0. The Kier molecular flexibility index (Phi) is 2.71. The van der Waals surface area contributed by atoms with E-state index in [4.69, 9.17) is 5.73 Å². The predicted molar refractivity (Wildman–Crippen MR) is 71.6 cm³/mol. The second-order valence-corrected chi connectivity index (χ2v) is 5.26. The highest BCUT2D eigenvalue weighted by molar-refractivity contribution is 7.10. The van der Waals surface area contributed by atoms with Crippen molar-refractivity contribution < 1.29 is 4.79 Å². The van der Waals surface area contributed by atoms with E-state index in [1.807, 2.05) is 11.4 Å². The number of nitrogens with one attached hydrogen (secondary N) is 1. The van der Waals surface area contributed by atoms with E-state index in [0.717, 1.165) is 12.1 Å². The van der Waals surface area contributed by atoms with Crippen LogP contribution >= 0.6 is 11.3 Å². The molecule has 0 aromatic carbocycles. The molecule has 1 aromatic rings. The van der Waals surface area contributed by atoms with Gasteiger partial charge in [0, 0.05) is 29.1 Å². The summed E-state index contributed by atoms with van der Waals surface area (Å²) in [5.74, 6) is 0.465. The van der Waals surface area contributed by atoms with E-state index >= 15 is 0 Å². The normalized spacial score (nSPS) is 23.2. The lowest BCUT2D eigenvalue weighted by Gasteiger charge is -2.22. The van der Waals surface area contributed by atoms with Crippen LogP contribution in [0.5, 0.6) is 0 Å². The fourth-order valence-corrected chi connectivity index (χ4v) is 3.03. The molecule has 1 atom stereocenters. The number of rotatable bonds is 1. The Bertz CT molecular complexity index is 571. The minimum absolute atomic E-state index is 0.0933. The second-order valence-electron chi connectivity index (χ2n) is 4.28. The summed E-state index contributed by atoms with van der Waals surface area (Å²) in [7, 11) is 0. The number of hydrogen-bond donors (Lipinski definition) is 2. The van der Waals surface area contributed by atoms with Crippen molar-refractivity contribution in [3.05, 3.63) is 33.7 Å². The monoisotopic (exact) mass is 260 g/mol. The first-order valence-electron chi connectivity index (χ1n) is 5.67. The third kappa shape index (κ3) is 1.95. The number of guanidine groups is 1. The summed E-state index contributed by atoms with van der Waals surface area (Å²) >= 11 is 1.68. The Balaban J connectivity index is 1.92. The summed E-state index contributed by atoms with van der Waals surface area (Å²) in [4.78, 5) is 17.3. The molecule has 18 heavy (non-hydrogen) atoms. The average molecular weight is 260 g/mol. The van der Waals surface area contributed by atoms with E-state index in [-0.39, 0.29) is 17.7 Å². The molecule has 92 valence electrons. The Morgan fingerprint density at radius 1 is 1.44 bits per heavy atom. The van der Waals surface area contributed by atoms with Crippen LogP contribution in [-0.2, 0) is 4.79 Å². The van der Waals surface area contributed by atoms with Crippen molar-refractivity contribution >= 4 is 29.3 Å². The number of Topliss-reactive ketones (excluding diaryl/α,β-unsaturated/α-hetero) is 1. The first-order chi connectivity index (χ1) is 8.74. The van der Waals surface area contributed by atoms with Crippen molar-refractivity contribution in [3.8, 4) is 0 Å². The number of carbonyl (C=O) groups is 1. The lowest BCUT2D eigenvalue weighted by Crippen LogP contribution is -2.23. The molecule has 3 N–H and O–H groups in total. The van der Waals surface area contributed by atoms with E-state index in [1.165, 1.54) is 11.1 Å². The largest absolute Gasteiger partial charge is 0.367 e. The molecule has 0 bridgehead atoms. The summed E-state index contributed by atoms with van der Waals surface area (Å²) in [6, 6.07) is 4.07. The van der Waals surface area contributed by atoms with E-state index in [2.05, 4.69) is 21.6 Å². The molecule has 1 aliphatic carbocycles. The molecule has 2 heterocycles. The Hall–Kier alpha value is -1.95. The van der Waals surface area contributed by atoms with Gasteiger partial charge < -0.3 is 5.73 Å². The van der Waals surface area contributed by atoms with Gasteiger partial charge >= 0.3 is 0 Å². The van der Waals surface area contributed by atoms with Crippen LogP contribution in [0.1, 0.15) is 23.6 Å². The summed E-state index contributed by atoms with van der Waals surface area (Å²) in [5, 5.41) is 5.93. The molecular weight excluding hydrogens is 248 g/mol. The minimum Gasteiger partial charge on any atom is -0.367 e. The van der Waals surface area contributed by atoms with Gasteiger partial charge in [0.25, 0.3) is 0 Å². The molecule has 0 radical (unpaired) electrons. The van der Waals surface area contributed by atoms with Crippen molar-refractivity contribution in [3.63, 3.8) is 0 Å². The molecule has 5 nitrogen and oxygen atoms in total. The fraction of sp³-hybridized carbons (Fsp3) is 0.250. The molecule has 0 saturated carbocycles. The van der Waals surface area contributed by atoms with Gasteiger partial charge in [0.05, 0.1) is 5.57 Å². The molecule has 0 spiro atoms. The molecule has 1 aromatic heterocycles. The van der Waals surface area contributed by atoms with Gasteiger partial charge in [-0.25, -0.2) is 4.99 Å². The fourth-order valence-electron chi connectivity index (χ4n) is 2.20. The maximum atomic E-state index is 12.1. The van der Waals surface area contributed by atoms with Gasteiger partial charge in [-0.15, -0.1) is 16.4 Å². The zero-order chi connectivity index (χ0) is 12.5. The topological polar surface area (TPSA) is 79.8 Å². The van der Waals surface area contributed by atoms with Crippen molar-refractivity contribution in [2.75, 3.05) is 0 Å². The van der Waals surface area contributed by atoms with Gasteiger partial charge in [-0.05, 0) is 17.9 Å². The zero-order valence-corrected chi connectivity index (χ0v) is 10.4. The first kappa shape index (κ1) is 11.2. The summed E-state index contributed by atoms with van der Waals surface area (Å²) in [6.07, 6.45) is 2.80. The van der Waals surface area contributed by atoms with Gasteiger partial charge in [0.1, 0.15) is 0 Å². The number of allylic oxidation sites excluding steroid dienone is 2. The van der Waals surface area contributed by atoms with Crippen LogP contribution in [0.3, 0.4) is 0 Å². The second kappa shape index (κ2) is 4.38. The van der Waals surface area contributed by atoms with Crippen molar-refractivity contribution in [2.45, 2.75) is 18.8 Å². The smallest absolute Gasteiger partial charge is 0.237 e. The molecule has 0 amide bonds. The van der Waals surface area contributed by atoms with Crippen LogP contribution in [0.15, 0.2) is 38.9 Å². The number of nitrogens with zero attached hydrogens (tertiary/aromatic N) is 2. The standard InChI is InChI=1S/C12H12N4OS/c13-12-14-6-8-9(15-16-12)4-7(5-10(8)17)11-2-1-3-18-11/h1-3,6-7,15H,4-5H2,(H2,13,16). The van der Waals surface area contributed by atoms with Crippen LogP contribution < -0.4 is 11.2 Å². The molecule has 0 saturated heterocycles. The SMILES string of the molecule is NC1=NNC2=C(C=N1)C(=O)CC(c1cccs1)C2. The highest BCUT2D eigenvalue weighted by Gasteiger charge is 2.29. The van der Waals surface area contributed by atoms with Gasteiger partial charge in [-0.2, -0.15) is 0 Å². The molecule has 1 aliphatic heterocycles. The van der Waals surface area contributed by atoms with Gasteiger partial charge in [0.15, 0.2) is 5.78 Å². The summed E-state index contributed by atoms with van der Waals surface area (Å²) in [5.41, 5.74) is 9.79. The number of aliphatic imine (C=N–C) groups is 1. The van der Waals surface area contributed by atoms with E-state index < -0.39 is 0 Å². The van der Waals surface area contributed by atoms with Crippen molar-refractivity contribution in [2.24, 2.45) is 15.8 Å². The lowest BCUT2D eigenvalue weighted by atomic mass is 9.85. The lowest BCUT2D eigenvalue weighted by molar-refractivity contribution is -0.115. The van der Waals surface area contributed by atoms with Crippen LogP contribution in [0.2, 0.25) is 0 Å². The highest BCUT2D eigenvalue weighted by atomic mass is 32.1. The van der Waals surface area contributed by atoms with Crippen LogP contribution in [0.4, 0.5) is 0 Å². The quantitative estimate of drug-likeness (QED) is 0.800. The Morgan fingerprint density at radius 3 is 3.11 bits per heavy atom. The van der Waals surface area contributed by atoms with E-state index in [9.17, 15) is 4.79 Å². The number of ketones is 1. The third-order valence-electron chi connectivity index (χ3n) is 3.08. The van der Waals surface area contributed by atoms with Crippen LogP contribution in [0.25, 0.3) is 0 Å². The zero-order valence-electron chi connectivity index (χ0n) is 9.59. The van der Waals surface area contributed by atoms with Crippen molar-refractivity contribution in [1.82, 2.24) is 5.43 Å². The van der Waals surface area contributed by atoms with E-state index in [0.29, 0.717) is 12.0 Å². The molecule has 0 fully saturated rings. The molecular formula is C12H12N4OS. The van der Waals surface area contributed by atoms with E-state index in [1.54, 1.807) is 11.3 Å².